The number of hydrogen-bond donors (Lipinski definition) is 1. The number of carbonyl (C=O) groups is 1. The van der Waals surface area contributed by atoms with E-state index >= 15 is 0 Å². The van der Waals surface area contributed by atoms with Crippen molar-refractivity contribution in [3.8, 4) is 11.5 Å². The fourth-order valence-electron chi connectivity index (χ4n) is 5.41. The molecular formula is C27H31FN4O4S. The molecule has 0 saturated heterocycles. The maximum Gasteiger partial charge on any atom is 0.322 e. The number of nitrogens with one attached hydrogen (secondary N) is 1. The van der Waals surface area contributed by atoms with Crippen molar-refractivity contribution in [2.75, 3.05) is 5.32 Å². The zero-order chi connectivity index (χ0) is 25.8. The number of halogens is 1. The number of carbonyl (C=O) groups excluding carboxylic acids is 1. The highest BCUT2D eigenvalue weighted by atomic mass is 32.2. The van der Waals surface area contributed by atoms with Crippen LogP contribution in [0.15, 0.2) is 57.8 Å². The summed E-state index contributed by atoms with van der Waals surface area (Å²) in [4.78, 5) is 13.0. The third kappa shape index (κ3) is 5.75. The number of aromatic nitrogens is 2. The predicted molar refractivity (Wildman–Crippen MR) is 137 cm³/mol. The Hall–Kier alpha value is -3.11. The monoisotopic (exact) mass is 526 g/mol. The molecule has 5 rings (SSSR count). The molecule has 0 radical (unpaired) electrons. The Morgan fingerprint density at radius 2 is 1.41 bits per heavy atom. The van der Waals surface area contributed by atoms with Crippen molar-refractivity contribution in [3.05, 3.63) is 59.9 Å². The Morgan fingerprint density at radius 3 is 1.97 bits per heavy atom. The van der Waals surface area contributed by atoms with Gasteiger partial charge in [-0.25, -0.2) is 12.8 Å². The molecule has 1 aromatic heterocycles. The van der Waals surface area contributed by atoms with E-state index in [2.05, 4.69) is 15.5 Å². The summed E-state index contributed by atoms with van der Waals surface area (Å²) in [6.45, 7) is 0. The van der Waals surface area contributed by atoms with Gasteiger partial charge in [-0.3, -0.25) is 10.1 Å². The number of benzene rings is 2. The molecule has 2 aliphatic carbocycles. The first kappa shape index (κ1) is 25.5. The van der Waals surface area contributed by atoms with Crippen molar-refractivity contribution in [2.45, 2.75) is 81.2 Å². The van der Waals surface area contributed by atoms with Crippen LogP contribution >= 0.6 is 0 Å². The van der Waals surface area contributed by atoms with Gasteiger partial charge in [0.1, 0.15) is 5.82 Å². The van der Waals surface area contributed by atoms with E-state index < -0.39 is 15.9 Å². The summed E-state index contributed by atoms with van der Waals surface area (Å²) < 4.78 is 48.1. The summed E-state index contributed by atoms with van der Waals surface area (Å²) in [6, 6.07) is 11.5. The maximum absolute atomic E-state index is 13.8. The van der Waals surface area contributed by atoms with Crippen LogP contribution in [0.1, 0.15) is 74.6 Å². The van der Waals surface area contributed by atoms with Gasteiger partial charge in [0.2, 0.25) is 15.9 Å². The Labute approximate surface area is 216 Å². The van der Waals surface area contributed by atoms with Gasteiger partial charge in [-0.2, -0.15) is 4.31 Å². The summed E-state index contributed by atoms with van der Waals surface area (Å²) in [5.41, 5.74) is 0.784. The van der Waals surface area contributed by atoms with Gasteiger partial charge in [0.25, 0.3) is 5.91 Å². The molecule has 1 N–H and O–H groups in total. The lowest BCUT2D eigenvalue weighted by Crippen LogP contribution is -2.48. The molecular weight excluding hydrogens is 495 g/mol. The van der Waals surface area contributed by atoms with Crippen LogP contribution in [0.25, 0.3) is 11.5 Å². The Morgan fingerprint density at radius 1 is 0.838 bits per heavy atom. The van der Waals surface area contributed by atoms with E-state index in [1.165, 1.54) is 48.5 Å². The predicted octanol–water partition coefficient (Wildman–Crippen LogP) is 5.78. The second kappa shape index (κ2) is 11.1. The van der Waals surface area contributed by atoms with E-state index in [0.717, 1.165) is 64.2 Å². The maximum atomic E-state index is 13.8. The molecule has 2 aromatic carbocycles. The second-order valence-corrected chi connectivity index (χ2v) is 11.7. The molecule has 1 heterocycles. The number of sulfonamides is 1. The minimum Gasteiger partial charge on any atom is -0.403 e. The molecule has 0 spiro atoms. The molecule has 0 unspecified atom stereocenters. The molecule has 0 atom stereocenters. The topological polar surface area (TPSA) is 105 Å². The molecule has 2 aliphatic rings. The average Bonchev–Trinajstić information content (AvgIpc) is 3.39. The molecule has 2 saturated carbocycles. The van der Waals surface area contributed by atoms with Crippen LogP contribution in [0.5, 0.6) is 0 Å². The minimum absolute atomic E-state index is 0.0395. The SMILES string of the molecule is O=C(Nc1nnc(-c2ccc(F)cc2)o1)c1ccc(S(=O)(=O)N(C2CCCCC2)C2CCCCC2)cc1. The highest BCUT2D eigenvalue weighted by Gasteiger charge is 2.38. The van der Waals surface area contributed by atoms with Crippen molar-refractivity contribution in [1.29, 1.82) is 0 Å². The highest BCUT2D eigenvalue weighted by Crippen LogP contribution is 2.35. The van der Waals surface area contributed by atoms with Gasteiger partial charge in [0, 0.05) is 23.2 Å². The molecule has 196 valence electrons. The molecule has 3 aromatic rings. The lowest BCUT2D eigenvalue weighted by molar-refractivity contribution is 0.102. The van der Waals surface area contributed by atoms with Crippen LogP contribution in [-0.2, 0) is 10.0 Å². The third-order valence-electron chi connectivity index (χ3n) is 7.30. The Bertz CT molecular complexity index is 1300. The van der Waals surface area contributed by atoms with Gasteiger partial charge in [0.15, 0.2) is 0 Å². The number of amides is 1. The van der Waals surface area contributed by atoms with Crippen molar-refractivity contribution in [3.63, 3.8) is 0 Å². The lowest BCUT2D eigenvalue weighted by Gasteiger charge is -2.40. The van der Waals surface area contributed by atoms with E-state index in [-0.39, 0.29) is 40.3 Å². The van der Waals surface area contributed by atoms with Gasteiger partial charge < -0.3 is 4.42 Å². The second-order valence-electron chi connectivity index (χ2n) is 9.82. The van der Waals surface area contributed by atoms with Crippen molar-refractivity contribution in [1.82, 2.24) is 14.5 Å². The van der Waals surface area contributed by atoms with Crippen LogP contribution in [-0.4, -0.2) is 40.9 Å². The van der Waals surface area contributed by atoms with E-state index in [9.17, 15) is 17.6 Å². The van der Waals surface area contributed by atoms with Gasteiger partial charge in [0.05, 0.1) is 4.90 Å². The van der Waals surface area contributed by atoms with Gasteiger partial charge in [-0.15, -0.1) is 5.10 Å². The average molecular weight is 527 g/mol. The van der Waals surface area contributed by atoms with Crippen LogP contribution in [0.4, 0.5) is 10.4 Å². The zero-order valence-corrected chi connectivity index (χ0v) is 21.4. The molecule has 2 fully saturated rings. The van der Waals surface area contributed by atoms with E-state index in [1.54, 1.807) is 4.31 Å². The fraction of sp³-hybridized carbons (Fsp3) is 0.444. The first-order valence-electron chi connectivity index (χ1n) is 13.0. The molecule has 0 bridgehead atoms. The number of nitrogens with zero attached hydrogens (tertiary/aromatic N) is 3. The summed E-state index contributed by atoms with van der Waals surface area (Å²) in [5, 5.41) is 10.2. The Kier molecular flexibility index (Phi) is 7.66. The number of hydrogen-bond acceptors (Lipinski definition) is 6. The molecule has 1 amide bonds. The summed E-state index contributed by atoms with van der Waals surface area (Å²) >= 11 is 0. The summed E-state index contributed by atoms with van der Waals surface area (Å²) in [6.07, 6.45) is 10.2. The highest BCUT2D eigenvalue weighted by molar-refractivity contribution is 7.89. The standard InChI is InChI=1S/C27H31FN4O4S/c28-21-15-11-20(12-16-21)26-30-31-27(36-26)29-25(33)19-13-17-24(18-14-19)37(34,35)32(22-7-3-1-4-8-22)23-9-5-2-6-10-23/h11-18,22-23H,1-10H2,(H,29,31,33). The van der Waals surface area contributed by atoms with E-state index in [4.69, 9.17) is 4.42 Å². The van der Waals surface area contributed by atoms with E-state index in [0.29, 0.717) is 5.56 Å². The number of rotatable bonds is 7. The summed E-state index contributed by atoms with van der Waals surface area (Å²) in [7, 11) is -3.70. The number of anilines is 1. The first-order valence-corrected chi connectivity index (χ1v) is 14.4. The van der Waals surface area contributed by atoms with Crippen LogP contribution < -0.4 is 5.32 Å². The van der Waals surface area contributed by atoms with Crippen LogP contribution in [0, 0.1) is 5.82 Å². The molecule has 0 aliphatic heterocycles. The molecule has 37 heavy (non-hydrogen) atoms. The summed E-state index contributed by atoms with van der Waals surface area (Å²) in [5.74, 6) is -0.750. The van der Waals surface area contributed by atoms with Crippen molar-refractivity contribution >= 4 is 21.9 Å². The van der Waals surface area contributed by atoms with Gasteiger partial charge >= 0.3 is 6.01 Å². The molecule has 8 nitrogen and oxygen atoms in total. The van der Waals surface area contributed by atoms with Crippen molar-refractivity contribution in [2.24, 2.45) is 0 Å². The third-order valence-corrected chi connectivity index (χ3v) is 9.32. The van der Waals surface area contributed by atoms with Gasteiger partial charge in [-0.1, -0.05) is 43.6 Å². The molecule has 10 heteroatoms. The quantitative estimate of drug-likeness (QED) is 0.418. The van der Waals surface area contributed by atoms with Crippen LogP contribution in [0.2, 0.25) is 0 Å². The van der Waals surface area contributed by atoms with Gasteiger partial charge in [-0.05, 0) is 74.2 Å². The normalized spacial score (nSPS) is 17.7. The lowest BCUT2D eigenvalue weighted by atomic mass is 9.91. The smallest absolute Gasteiger partial charge is 0.322 e. The van der Waals surface area contributed by atoms with E-state index in [1.807, 2.05) is 0 Å². The zero-order valence-electron chi connectivity index (χ0n) is 20.6. The van der Waals surface area contributed by atoms with Crippen molar-refractivity contribution < 1.29 is 22.0 Å². The Balaban J connectivity index is 1.31. The fourth-order valence-corrected chi connectivity index (χ4v) is 7.34. The first-order chi connectivity index (χ1) is 17.9. The van der Waals surface area contributed by atoms with Crippen LogP contribution in [0.3, 0.4) is 0 Å². The largest absolute Gasteiger partial charge is 0.403 e. The minimum atomic E-state index is -3.70.